The van der Waals surface area contributed by atoms with E-state index in [4.69, 9.17) is 0 Å². The van der Waals surface area contributed by atoms with Crippen molar-refractivity contribution in [2.75, 3.05) is 0 Å². The minimum Gasteiger partial charge on any atom is -0.393 e. The molecule has 0 bridgehead atoms. The number of fused-ring (bicyclic) bond motifs is 5. The van der Waals surface area contributed by atoms with Crippen molar-refractivity contribution in [3.63, 3.8) is 0 Å². The summed E-state index contributed by atoms with van der Waals surface area (Å²) < 4.78 is 0. The summed E-state index contributed by atoms with van der Waals surface area (Å²) in [4.78, 5) is 0. The van der Waals surface area contributed by atoms with Crippen LogP contribution in [0.25, 0.3) is 0 Å². The maximum Gasteiger partial charge on any atom is 0.0653 e. The third kappa shape index (κ3) is 3.99. The summed E-state index contributed by atoms with van der Waals surface area (Å²) in [5.41, 5.74) is 1.74. The normalized spacial score (nSPS) is 44.9. The Morgan fingerprint density at radius 2 is 1.84 bits per heavy atom. The van der Waals surface area contributed by atoms with Crippen molar-refractivity contribution in [3.8, 4) is 0 Å². The standard InChI is InChI=1S/C29H48O2/c1-7-20(27(3,4)31)9-8-19(2)24-12-13-25-23-11-10-21-18-22(30)14-16-28(21,5)26(23)15-17-29(24,25)6/h8-10,19-20,22-26,30-31H,7,11-18H2,1-6H3/t19-,20?,22+,23+,24-,25+,26+,28+,29-/m1/s1. The van der Waals surface area contributed by atoms with Gasteiger partial charge < -0.3 is 10.2 Å². The van der Waals surface area contributed by atoms with Crippen molar-refractivity contribution in [2.45, 2.75) is 111 Å². The van der Waals surface area contributed by atoms with E-state index in [-0.39, 0.29) is 12.0 Å². The highest BCUT2D eigenvalue weighted by Crippen LogP contribution is 2.67. The predicted molar refractivity (Wildman–Crippen MR) is 130 cm³/mol. The molecule has 0 saturated heterocycles. The van der Waals surface area contributed by atoms with E-state index in [2.05, 4.69) is 45.9 Å². The number of rotatable bonds is 5. The van der Waals surface area contributed by atoms with Crippen molar-refractivity contribution in [3.05, 3.63) is 23.8 Å². The van der Waals surface area contributed by atoms with E-state index in [1.54, 1.807) is 5.57 Å². The average Bonchev–Trinajstić information content (AvgIpc) is 3.05. The van der Waals surface area contributed by atoms with Gasteiger partial charge in [-0.25, -0.2) is 0 Å². The van der Waals surface area contributed by atoms with Crippen LogP contribution in [0.15, 0.2) is 23.8 Å². The van der Waals surface area contributed by atoms with Crippen molar-refractivity contribution < 1.29 is 10.2 Å². The molecule has 31 heavy (non-hydrogen) atoms. The number of hydrogen-bond acceptors (Lipinski definition) is 2. The fourth-order valence-electron chi connectivity index (χ4n) is 8.86. The van der Waals surface area contributed by atoms with Crippen LogP contribution in [-0.4, -0.2) is 21.9 Å². The molecule has 2 nitrogen and oxygen atoms in total. The molecule has 2 N–H and O–H groups in total. The third-order valence-corrected chi connectivity index (χ3v) is 10.8. The summed E-state index contributed by atoms with van der Waals surface area (Å²) in [6.07, 6.45) is 18.0. The monoisotopic (exact) mass is 428 g/mol. The molecule has 4 rings (SSSR count). The van der Waals surface area contributed by atoms with Gasteiger partial charge in [-0.2, -0.15) is 0 Å². The molecule has 3 fully saturated rings. The Balaban J connectivity index is 1.52. The molecule has 0 heterocycles. The lowest BCUT2D eigenvalue weighted by Crippen LogP contribution is -2.50. The lowest BCUT2D eigenvalue weighted by atomic mass is 9.47. The topological polar surface area (TPSA) is 40.5 Å². The first-order valence-electron chi connectivity index (χ1n) is 13.3. The van der Waals surface area contributed by atoms with Crippen LogP contribution in [0.4, 0.5) is 0 Å². The number of allylic oxidation sites excluding steroid dienone is 2. The average molecular weight is 429 g/mol. The minimum atomic E-state index is -0.639. The number of aliphatic hydroxyl groups is 2. The Morgan fingerprint density at radius 3 is 2.52 bits per heavy atom. The van der Waals surface area contributed by atoms with Crippen LogP contribution in [0.5, 0.6) is 0 Å². The first kappa shape index (κ1) is 23.6. The summed E-state index contributed by atoms with van der Waals surface area (Å²) in [6, 6.07) is 0. The van der Waals surface area contributed by atoms with E-state index in [9.17, 15) is 10.2 Å². The van der Waals surface area contributed by atoms with Crippen molar-refractivity contribution in [1.29, 1.82) is 0 Å². The van der Waals surface area contributed by atoms with E-state index in [1.807, 2.05) is 13.8 Å². The molecule has 4 aliphatic rings. The van der Waals surface area contributed by atoms with E-state index >= 15 is 0 Å². The van der Waals surface area contributed by atoms with Gasteiger partial charge >= 0.3 is 0 Å². The highest BCUT2D eigenvalue weighted by Gasteiger charge is 2.58. The Bertz CT molecular complexity index is 715. The SMILES string of the molecule is CCC(C=C[C@@H](C)[C@H]1CC[C@H]2[C@@H]3CC=C4C[C@@H](O)CC[C@]4(C)[C@H]3CC[C@]12C)C(C)(C)O. The van der Waals surface area contributed by atoms with Gasteiger partial charge in [0.15, 0.2) is 0 Å². The van der Waals surface area contributed by atoms with E-state index in [0.717, 1.165) is 42.9 Å². The largest absolute Gasteiger partial charge is 0.393 e. The number of hydrogen-bond donors (Lipinski definition) is 2. The highest BCUT2D eigenvalue weighted by molar-refractivity contribution is 5.25. The molecule has 9 atom stereocenters. The van der Waals surface area contributed by atoms with Crippen LogP contribution in [-0.2, 0) is 0 Å². The molecule has 0 radical (unpaired) electrons. The molecule has 0 aromatic carbocycles. The van der Waals surface area contributed by atoms with Crippen LogP contribution < -0.4 is 0 Å². The first-order chi connectivity index (χ1) is 14.5. The van der Waals surface area contributed by atoms with Crippen LogP contribution in [0.2, 0.25) is 0 Å². The molecule has 4 aliphatic carbocycles. The van der Waals surface area contributed by atoms with Crippen LogP contribution >= 0.6 is 0 Å². The van der Waals surface area contributed by atoms with Gasteiger partial charge in [-0.15, -0.1) is 0 Å². The maximum atomic E-state index is 10.5. The summed E-state index contributed by atoms with van der Waals surface area (Å²) >= 11 is 0. The Morgan fingerprint density at radius 1 is 1.10 bits per heavy atom. The van der Waals surface area contributed by atoms with Gasteiger partial charge in [0.1, 0.15) is 0 Å². The summed E-state index contributed by atoms with van der Waals surface area (Å²) in [5.74, 6) is 4.09. The molecule has 3 saturated carbocycles. The lowest BCUT2D eigenvalue weighted by Gasteiger charge is -2.58. The quantitative estimate of drug-likeness (QED) is 0.467. The molecular weight excluding hydrogens is 380 g/mol. The predicted octanol–water partition coefficient (Wildman–Crippen LogP) is 6.92. The van der Waals surface area contributed by atoms with Crippen molar-refractivity contribution in [2.24, 2.45) is 46.3 Å². The van der Waals surface area contributed by atoms with Crippen LogP contribution in [0.1, 0.15) is 99.3 Å². The molecule has 2 heteroatoms. The Labute approximate surface area is 191 Å². The van der Waals surface area contributed by atoms with Crippen LogP contribution in [0.3, 0.4) is 0 Å². The number of aliphatic hydroxyl groups excluding tert-OH is 1. The van der Waals surface area contributed by atoms with Gasteiger partial charge in [0.25, 0.3) is 0 Å². The highest BCUT2D eigenvalue weighted by atomic mass is 16.3. The van der Waals surface area contributed by atoms with Crippen LogP contribution in [0, 0.1) is 46.3 Å². The van der Waals surface area contributed by atoms with Gasteiger partial charge in [-0.05, 0) is 112 Å². The molecule has 0 aromatic heterocycles. The fourth-order valence-corrected chi connectivity index (χ4v) is 8.86. The third-order valence-electron chi connectivity index (χ3n) is 10.8. The van der Waals surface area contributed by atoms with Gasteiger partial charge in [-0.3, -0.25) is 0 Å². The second-order valence-corrected chi connectivity index (χ2v) is 12.8. The lowest BCUT2D eigenvalue weighted by molar-refractivity contribution is -0.0541. The Kier molecular flexibility index (Phi) is 6.32. The zero-order valence-electron chi connectivity index (χ0n) is 21.0. The molecule has 0 aliphatic heterocycles. The summed E-state index contributed by atoms with van der Waals surface area (Å²) in [5, 5.41) is 20.7. The Hall–Kier alpha value is -0.600. The zero-order valence-corrected chi connectivity index (χ0v) is 21.0. The van der Waals surface area contributed by atoms with Crippen molar-refractivity contribution >= 4 is 0 Å². The fraction of sp³-hybridized carbons (Fsp3) is 0.862. The second kappa shape index (κ2) is 8.32. The zero-order chi connectivity index (χ0) is 22.6. The van der Waals surface area contributed by atoms with Gasteiger partial charge in [0, 0.05) is 5.92 Å². The second-order valence-electron chi connectivity index (χ2n) is 12.8. The van der Waals surface area contributed by atoms with E-state index in [1.165, 1.54) is 38.5 Å². The van der Waals surface area contributed by atoms with Gasteiger partial charge in [0.05, 0.1) is 11.7 Å². The molecule has 0 amide bonds. The van der Waals surface area contributed by atoms with Gasteiger partial charge in [0.2, 0.25) is 0 Å². The molecule has 1 unspecified atom stereocenters. The van der Waals surface area contributed by atoms with Gasteiger partial charge in [-0.1, -0.05) is 51.5 Å². The maximum absolute atomic E-state index is 10.5. The van der Waals surface area contributed by atoms with Crippen molar-refractivity contribution in [1.82, 2.24) is 0 Å². The van der Waals surface area contributed by atoms with E-state index in [0.29, 0.717) is 16.7 Å². The summed E-state index contributed by atoms with van der Waals surface area (Å²) in [6.45, 7) is 13.7. The first-order valence-corrected chi connectivity index (χ1v) is 13.3. The molecule has 0 aromatic rings. The summed E-state index contributed by atoms with van der Waals surface area (Å²) in [7, 11) is 0. The minimum absolute atomic E-state index is 0.107. The molecule has 176 valence electrons. The smallest absolute Gasteiger partial charge is 0.0653 e. The van der Waals surface area contributed by atoms with E-state index < -0.39 is 5.60 Å². The molecule has 0 spiro atoms. The molecular formula is C29H48O2.